The number of esters is 1. The van der Waals surface area contributed by atoms with Crippen LogP contribution in [0.4, 0.5) is 0 Å². The molecule has 0 bridgehead atoms. The average Bonchev–Trinajstić information content (AvgIpc) is 3.30. The molecule has 0 aliphatic carbocycles. The molecule has 1 N–H and O–H groups in total. The highest BCUT2D eigenvalue weighted by atomic mass is 79.9. The number of aliphatic hydroxyl groups is 1. The first kappa shape index (κ1) is 22.7. The molecule has 3 aromatic carbocycles. The molecule has 170 valence electrons. The van der Waals surface area contributed by atoms with E-state index < -0.39 is 12.6 Å². The van der Waals surface area contributed by atoms with Gasteiger partial charge >= 0.3 is 5.97 Å². The molecule has 0 radical (unpaired) electrons. The van der Waals surface area contributed by atoms with E-state index in [-0.39, 0.29) is 11.3 Å². The molecule has 0 aliphatic rings. The topological polar surface area (TPSA) is 96.1 Å². The van der Waals surface area contributed by atoms with E-state index in [0.29, 0.717) is 27.2 Å². The number of thiazole rings is 1. The van der Waals surface area contributed by atoms with E-state index >= 15 is 0 Å². The lowest BCUT2D eigenvalue weighted by Gasteiger charge is -2.10. The van der Waals surface area contributed by atoms with E-state index in [9.17, 15) is 15.2 Å². The van der Waals surface area contributed by atoms with E-state index in [1.54, 1.807) is 12.1 Å². The van der Waals surface area contributed by atoms with Crippen LogP contribution in [0.5, 0.6) is 0 Å². The Balaban J connectivity index is 1.46. The molecular weight excluding hydrogens is 526 g/mol. The van der Waals surface area contributed by atoms with Crippen LogP contribution >= 0.6 is 27.3 Å². The molecule has 5 rings (SSSR count). The number of para-hydroxylation sites is 2. The molecule has 0 saturated carbocycles. The van der Waals surface area contributed by atoms with Crippen LogP contribution in [0.2, 0.25) is 0 Å². The van der Waals surface area contributed by atoms with Crippen molar-refractivity contribution in [2.45, 2.75) is 0 Å². The quantitative estimate of drug-likeness (QED) is 0.147. The van der Waals surface area contributed by atoms with E-state index in [1.807, 2.05) is 72.8 Å². The first-order chi connectivity index (χ1) is 17.0. The van der Waals surface area contributed by atoms with Gasteiger partial charge in [-0.25, -0.2) is 14.8 Å². The highest BCUT2D eigenvalue weighted by molar-refractivity contribution is 9.10. The maximum atomic E-state index is 13.1. The maximum absolute atomic E-state index is 13.1. The SMILES string of the molecule is N#C/C(=C(\O)COC(=O)c1cc(-c2cccc(Br)c2)nc2ccccc12)c1nc2ccccc2s1. The van der Waals surface area contributed by atoms with Crippen LogP contribution in [0.3, 0.4) is 0 Å². The summed E-state index contributed by atoms with van der Waals surface area (Å²) in [6.45, 7) is -0.458. The van der Waals surface area contributed by atoms with Gasteiger partial charge in [-0.1, -0.05) is 58.4 Å². The second kappa shape index (κ2) is 9.66. The Morgan fingerprint density at radius 2 is 1.77 bits per heavy atom. The van der Waals surface area contributed by atoms with Crippen LogP contribution in [0.15, 0.2) is 89.1 Å². The average molecular weight is 542 g/mol. The summed E-state index contributed by atoms with van der Waals surface area (Å²) >= 11 is 4.75. The molecule has 8 heteroatoms. The van der Waals surface area contributed by atoms with Crippen molar-refractivity contribution in [3.63, 3.8) is 0 Å². The van der Waals surface area contributed by atoms with E-state index in [2.05, 4.69) is 25.9 Å². The molecule has 0 atom stereocenters. The second-order valence-corrected chi connectivity index (χ2v) is 9.53. The number of carbonyl (C=O) groups is 1. The van der Waals surface area contributed by atoms with Gasteiger partial charge in [0.1, 0.15) is 23.3 Å². The minimum atomic E-state index is -0.631. The van der Waals surface area contributed by atoms with Crippen molar-refractivity contribution >= 4 is 59.9 Å². The van der Waals surface area contributed by atoms with Crippen molar-refractivity contribution in [1.29, 1.82) is 5.26 Å². The molecule has 0 aliphatic heterocycles. The standard InChI is InChI=1S/C27H16BrN3O3S/c28-17-7-5-6-16(12-17)23-13-19(18-8-1-2-9-21(18)30-23)27(33)34-15-24(32)20(14-29)26-31-22-10-3-4-11-25(22)35-26/h1-13,32H,15H2/b24-20+. The normalized spacial score (nSPS) is 11.8. The van der Waals surface area contributed by atoms with Crippen LogP contribution < -0.4 is 0 Å². The van der Waals surface area contributed by atoms with Gasteiger partial charge in [0.05, 0.1) is 27.0 Å². The zero-order valence-corrected chi connectivity index (χ0v) is 20.5. The molecule has 0 unspecified atom stereocenters. The first-order valence-electron chi connectivity index (χ1n) is 10.5. The van der Waals surface area contributed by atoms with Gasteiger partial charge in [0.25, 0.3) is 0 Å². The third-order valence-corrected chi connectivity index (χ3v) is 6.85. The molecule has 0 spiro atoms. The Morgan fingerprint density at radius 3 is 2.54 bits per heavy atom. The number of aromatic nitrogens is 2. The van der Waals surface area contributed by atoms with Gasteiger partial charge in [0, 0.05) is 15.4 Å². The van der Waals surface area contributed by atoms with Crippen molar-refractivity contribution in [3.05, 3.63) is 99.7 Å². The van der Waals surface area contributed by atoms with E-state index in [4.69, 9.17) is 4.74 Å². The number of hydrogen-bond acceptors (Lipinski definition) is 7. The third kappa shape index (κ3) is 4.64. The first-order valence-corrected chi connectivity index (χ1v) is 12.2. The van der Waals surface area contributed by atoms with Crippen molar-refractivity contribution in [2.75, 3.05) is 6.61 Å². The number of nitrogens with zero attached hydrogens (tertiary/aromatic N) is 3. The maximum Gasteiger partial charge on any atom is 0.339 e. The number of benzene rings is 3. The number of nitriles is 1. The van der Waals surface area contributed by atoms with E-state index in [1.165, 1.54) is 11.3 Å². The lowest BCUT2D eigenvalue weighted by Crippen LogP contribution is -2.10. The molecule has 5 aromatic rings. The van der Waals surface area contributed by atoms with Gasteiger partial charge in [-0.3, -0.25) is 0 Å². The molecule has 6 nitrogen and oxygen atoms in total. The number of allylic oxidation sites excluding steroid dienone is 1. The summed E-state index contributed by atoms with van der Waals surface area (Å²) in [5.74, 6) is -0.988. The van der Waals surface area contributed by atoms with Crippen molar-refractivity contribution in [2.24, 2.45) is 0 Å². The fourth-order valence-electron chi connectivity index (χ4n) is 3.64. The Morgan fingerprint density at radius 1 is 1.00 bits per heavy atom. The predicted molar refractivity (Wildman–Crippen MR) is 140 cm³/mol. The summed E-state index contributed by atoms with van der Waals surface area (Å²) in [6, 6.07) is 26.0. The molecule has 0 fully saturated rings. The minimum absolute atomic E-state index is 0.0200. The van der Waals surface area contributed by atoms with Crippen LogP contribution in [-0.2, 0) is 4.74 Å². The molecular formula is C27H16BrN3O3S. The number of fused-ring (bicyclic) bond motifs is 2. The second-order valence-electron chi connectivity index (χ2n) is 7.58. The van der Waals surface area contributed by atoms with Crippen LogP contribution in [0, 0.1) is 11.3 Å². The molecule has 2 heterocycles. The number of pyridine rings is 1. The number of rotatable bonds is 5. The predicted octanol–water partition coefficient (Wildman–Crippen LogP) is 6.92. The fourth-order valence-corrected chi connectivity index (χ4v) is 5.02. The van der Waals surface area contributed by atoms with E-state index in [0.717, 1.165) is 20.3 Å². The van der Waals surface area contributed by atoms with Gasteiger partial charge in [-0.2, -0.15) is 5.26 Å². The monoisotopic (exact) mass is 541 g/mol. The highest BCUT2D eigenvalue weighted by Crippen LogP contribution is 2.29. The highest BCUT2D eigenvalue weighted by Gasteiger charge is 2.19. The zero-order valence-electron chi connectivity index (χ0n) is 18.1. The van der Waals surface area contributed by atoms with Crippen LogP contribution in [0.25, 0.3) is 38.0 Å². The Hall–Kier alpha value is -4.06. The minimum Gasteiger partial charge on any atom is -0.507 e. The van der Waals surface area contributed by atoms with Gasteiger partial charge in [0.2, 0.25) is 0 Å². The van der Waals surface area contributed by atoms with Crippen molar-refractivity contribution in [3.8, 4) is 17.3 Å². The molecule has 35 heavy (non-hydrogen) atoms. The number of carbonyl (C=O) groups excluding carboxylic acids is 1. The molecule has 2 aromatic heterocycles. The van der Waals surface area contributed by atoms with Crippen molar-refractivity contribution < 1.29 is 14.6 Å². The smallest absolute Gasteiger partial charge is 0.339 e. The molecule has 0 saturated heterocycles. The van der Waals surface area contributed by atoms with Gasteiger partial charge < -0.3 is 9.84 Å². The fraction of sp³-hybridized carbons (Fsp3) is 0.0370. The lowest BCUT2D eigenvalue weighted by atomic mass is 10.0. The Kier molecular flexibility index (Phi) is 6.27. The summed E-state index contributed by atoms with van der Waals surface area (Å²) < 4.78 is 7.22. The summed E-state index contributed by atoms with van der Waals surface area (Å²) in [6.07, 6.45) is 0. The van der Waals surface area contributed by atoms with Gasteiger partial charge in [-0.05, 0) is 36.4 Å². The zero-order chi connectivity index (χ0) is 24.4. The van der Waals surface area contributed by atoms with Crippen LogP contribution in [-0.4, -0.2) is 27.7 Å². The summed E-state index contributed by atoms with van der Waals surface area (Å²) in [5, 5.41) is 21.2. The number of aliphatic hydroxyl groups excluding tert-OH is 1. The number of hydrogen-bond donors (Lipinski definition) is 1. The Bertz CT molecular complexity index is 1640. The summed E-state index contributed by atoms with van der Waals surface area (Å²) in [7, 11) is 0. The number of ether oxygens (including phenoxy) is 1. The number of halogens is 1. The third-order valence-electron chi connectivity index (χ3n) is 5.30. The van der Waals surface area contributed by atoms with Crippen molar-refractivity contribution in [1.82, 2.24) is 9.97 Å². The summed E-state index contributed by atoms with van der Waals surface area (Å²) in [5.41, 5.74) is 3.12. The molecule has 0 amide bonds. The van der Waals surface area contributed by atoms with Gasteiger partial charge in [0.15, 0.2) is 5.76 Å². The van der Waals surface area contributed by atoms with Gasteiger partial charge in [-0.15, -0.1) is 11.3 Å². The Labute approximate surface area is 212 Å². The largest absolute Gasteiger partial charge is 0.507 e. The lowest BCUT2D eigenvalue weighted by molar-refractivity contribution is 0.0505. The van der Waals surface area contributed by atoms with Crippen LogP contribution in [0.1, 0.15) is 15.4 Å². The summed E-state index contributed by atoms with van der Waals surface area (Å²) in [4.78, 5) is 22.2.